The number of hydrogen-bond donors (Lipinski definition) is 1. The van der Waals surface area contributed by atoms with Gasteiger partial charge in [-0.3, -0.25) is 0 Å². The molecule has 0 saturated carbocycles. The molecule has 106 valence electrons. The first-order chi connectivity index (χ1) is 9.00. The van der Waals surface area contributed by atoms with Crippen LogP contribution in [0.2, 0.25) is 0 Å². The van der Waals surface area contributed by atoms with Crippen molar-refractivity contribution in [3.8, 4) is 0 Å². The molecule has 0 aliphatic carbocycles. The van der Waals surface area contributed by atoms with Gasteiger partial charge in [-0.05, 0) is 49.3 Å². The highest BCUT2D eigenvalue weighted by Crippen LogP contribution is 2.29. The molecular weight excluding hydrogens is 241 g/mol. The first-order valence-electron chi connectivity index (χ1n) is 7.07. The van der Waals surface area contributed by atoms with Crippen LogP contribution in [0.3, 0.4) is 0 Å². The van der Waals surface area contributed by atoms with Gasteiger partial charge in [0.2, 0.25) is 0 Å². The fourth-order valence-electron chi connectivity index (χ4n) is 2.44. The topological polar surface area (TPSA) is 21.3 Å². The maximum atomic E-state index is 13.6. The second-order valence-electron chi connectivity index (χ2n) is 6.03. The molecule has 1 aromatic rings. The van der Waals surface area contributed by atoms with Crippen LogP contribution < -0.4 is 5.32 Å². The predicted molar refractivity (Wildman–Crippen MR) is 75.7 cm³/mol. The summed E-state index contributed by atoms with van der Waals surface area (Å²) < 4.78 is 19.0. The van der Waals surface area contributed by atoms with Crippen LogP contribution in [0.25, 0.3) is 0 Å². The summed E-state index contributed by atoms with van der Waals surface area (Å²) in [6.07, 6.45) is 2.18. The quantitative estimate of drug-likeness (QED) is 0.898. The molecule has 0 radical (unpaired) electrons. The standard InChI is InChI=1S/C16H24FNO/c1-12-4-5-14(10-15(12)17)13(2)18-11-16(3)6-8-19-9-7-16/h4-5,10,13,18H,6-9,11H2,1-3H3. The van der Waals surface area contributed by atoms with E-state index in [-0.39, 0.29) is 11.9 Å². The highest BCUT2D eigenvalue weighted by Gasteiger charge is 2.27. The zero-order valence-corrected chi connectivity index (χ0v) is 12.1. The molecule has 0 bridgehead atoms. The molecule has 1 fully saturated rings. The van der Waals surface area contributed by atoms with E-state index in [1.165, 1.54) is 0 Å². The Morgan fingerprint density at radius 1 is 1.37 bits per heavy atom. The van der Waals surface area contributed by atoms with Crippen LogP contribution in [0.15, 0.2) is 18.2 Å². The van der Waals surface area contributed by atoms with E-state index in [9.17, 15) is 4.39 Å². The minimum absolute atomic E-state index is 0.122. The van der Waals surface area contributed by atoms with Crippen LogP contribution in [0.5, 0.6) is 0 Å². The van der Waals surface area contributed by atoms with Gasteiger partial charge in [0.05, 0.1) is 0 Å². The smallest absolute Gasteiger partial charge is 0.126 e. The maximum Gasteiger partial charge on any atom is 0.126 e. The van der Waals surface area contributed by atoms with Gasteiger partial charge in [0.25, 0.3) is 0 Å². The Bertz CT molecular complexity index is 427. The second kappa shape index (κ2) is 6.02. The number of rotatable bonds is 4. The zero-order chi connectivity index (χ0) is 13.9. The van der Waals surface area contributed by atoms with Gasteiger partial charge in [-0.25, -0.2) is 4.39 Å². The molecule has 1 N–H and O–H groups in total. The van der Waals surface area contributed by atoms with Crippen molar-refractivity contribution in [3.63, 3.8) is 0 Å². The first kappa shape index (κ1) is 14.5. The van der Waals surface area contributed by atoms with E-state index in [1.54, 1.807) is 13.0 Å². The average Bonchev–Trinajstić information content (AvgIpc) is 2.40. The first-order valence-corrected chi connectivity index (χ1v) is 7.07. The number of halogens is 1. The Morgan fingerprint density at radius 2 is 2.05 bits per heavy atom. The van der Waals surface area contributed by atoms with Crippen molar-refractivity contribution in [1.82, 2.24) is 5.32 Å². The van der Waals surface area contributed by atoms with Crippen molar-refractivity contribution in [2.75, 3.05) is 19.8 Å². The molecule has 1 aromatic carbocycles. The molecular formula is C16H24FNO. The third-order valence-electron chi connectivity index (χ3n) is 4.23. The summed E-state index contributed by atoms with van der Waals surface area (Å²) in [5.41, 5.74) is 2.02. The highest BCUT2D eigenvalue weighted by molar-refractivity contribution is 5.25. The molecule has 0 aromatic heterocycles. The SMILES string of the molecule is Cc1ccc(C(C)NCC2(C)CCOCC2)cc1F. The minimum Gasteiger partial charge on any atom is -0.381 e. The Morgan fingerprint density at radius 3 is 2.68 bits per heavy atom. The molecule has 1 atom stereocenters. The van der Waals surface area contributed by atoms with E-state index >= 15 is 0 Å². The van der Waals surface area contributed by atoms with Crippen molar-refractivity contribution in [3.05, 3.63) is 35.1 Å². The van der Waals surface area contributed by atoms with Crippen LogP contribution in [-0.2, 0) is 4.74 Å². The predicted octanol–water partition coefficient (Wildman–Crippen LogP) is 3.60. The Kier molecular flexibility index (Phi) is 4.58. The molecule has 1 aliphatic rings. The number of ether oxygens (including phenoxy) is 1. The summed E-state index contributed by atoms with van der Waals surface area (Å²) in [5.74, 6) is -0.122. The van der Waals surface area contributed by atoms with Crippen molar-refractivity contribution >= 4 is 0 Å². The van der Waals surface area contributed by atoms with Gasteiger partial charge in [0.15, 0.2) is 0 Å². The lowest BCUT2D eigenvalue weighted by Crippen LogP contribution is -2.37. The summed E-state index contributed by atoms with van der Waals surface area (Å²) in [5, 5.41) is 3.53. The van der Waals surface area contributed by atoms with E-state index in [0.29, 0.717) is 11.0 Å². The van der Waals surface area contributed by atoms with Gasteiger partial charge in [-0.2, -0.15) is 0 Å². The lowest BCUT2D eigenvalue weighted by Gasteiger charge is -2.34. The van der Waals surface area contributed by atoms with Gasteiger partial charge < -0.3 is 10.1 Å². The molecule has 19 heavy (non-hydrogen) atoms. The van der Waals surface area contributed by atoms with Crippen LogP contribution in [0, 0.1) is 18.2 Å². The van der Waals surface area contributed by atoms with E-state index in [4.69, 9.17) is 4.74 Å². The molecule has 1 heterocycles. The van der Waals surface area contributed by atoms with Gasteiger partial charge in [-0.15, -0.1) is 0 Å². The van der Waals surface area contributed by atoms with Crippen molar-refractivity contribution in [2.45, 2.75) is 39.7 Å². The van der Waals surface area contributed by atoms with Crippen LogP contribution in [0.4, 0.5) is 4.39 Å². The van der Waals surface area contributed by atoms with Crippen molar-refractivity contribution in [2.24, 2.45) is 5.41 Å². The van der Waals surface area contributed by atoms with Gasteiger partial charge >= 0.3 is 0 Å². The Balaban J connectivity index is 1.93. The Hall–Kier alpha value is -0.930. The zero-order valence-electron chi connectivity index (χ0n) is 12.1. The molecule has 0 amide bonds. The average molecular weight is 265 g/mol. The van der Waals surface area contributed by atoms with Gasteiger partial charge in [0.1, 0.15) is 5.82 Å². The molecule has 1 unspecified atom stereocenters. The summed E-state index contributed by atoms with van der Waals surface area (Å²) in [4.78, 5) is 0. The van der Waals surface area contributed by atoms with Crippen molar-refractivity contribution < 1.29 is 9.13 Å². The summed E-state index contributed by atoms with van der Waals surface area (Å²) in [6.45, 7) is 8.84. The molecule has 2 nitrogen and oxygen atoms in total. The van der Waals surface area contributed by atoms with E-state index in [1.807, 2.05) is 12.1 Å². The number of nitrogens with one attached hydrogen (secondary N) is 1. The van der Waals surface area contributed by atoms with Crippen LogP contribution in [-0.4, -0.2) is 19.8 Å². The van der Waals surface area contributed by atoms with Crippen LogP contribution >= 0.6 is 0 Å². The Labute approximate surface area is 115 Å². The summed E-state index contributed by atoms with van der Waals surface area (Å²) in [7, 11) is 0. The molecule has 0 spiro atoms. The number of benzene rings is 1. The fraction of sp³-hybridized carbons (Fsp3) is 0.625. The van der Waals surface area contributed by atoms with E-state index in [2.05, 4.69) is 19.2 Å². The van der Waals surface area contributed by atoms with E-state index < -0.39 is 0 Å². The molecule has 2 rings (SSSR count). The monoisotopic (exact) mass is 265 g/mol. The van der Waals surface area contributed by atoms with Gasteiger partial charge in [0, 0.05) is 25.8 Å². The largest absolute Gasteiger partial charge is 0.381 e. The lowest BCUT2D eigenvalue weighted by atomic mass is 9.82. The third-order valence-corrected chi connectivity index (χ3v) is 4.23. The molecule has 1 aliphatic heterocycles. The fourth-order valence-corrected chi connectivity index (χ4v) is 2.44. The lowest BCUT2D eigenvalue weighted by molar-refractivity contribution is 0.0231. The summed E-state index contributed by atoms with van der Waals surface area (Å²) >= 11 is 0. The molecule has 3 heteroatoms. The van der Waals surface area contributed by atoms with Crippen LogP contribution in [0.1, 0.15) is 43.9 Å². The third kappa shape index (κ3) is 3.77. The van der Waals surface area contributed by atoms with E-state index in [0.717, 1.165) is 38.2 Å². The number of hydrogen-bond acceptors (Lipinski definition) is 2. The molecule has 1 saturated heterocycles. The normalized spacial score (nSPS) is 20.2. The van der Waals surface area contributed by atoms with Crippen molar-refractivity contribution in [1.29, 1.82) is 0 Å². The maximum absolute atomic E-state index is 13.6. The second-order valence-corrected chi connectivity index (χ2v) is 6.03. The minimum atomic E-state index is -0.122. The number of aryl methyl sites for hydroxylation is 1. The summed E-state index contributed by atoms with van der Waals surface area (Å²) in [6, 6.07) is 5.66. The van der Waals surface area contributed by atoms with Gasteiger partial charge in [-0.1, -0.05) is 19.1 Å². The highest BCUT2D eigenvalue weighted by atomic mass is 19.1.